The van der Waals surface area contributed by atoms with Crippen LogP contribution in [0.25, 0.3) is 0 Å². The zero-order valence-corrected chi connectivity index (χ0v) is 22.4. The maximum absolute atomic E-state index is 13.9. The number of rotatable bonds is 11. The van der Waals surface area contributed by atoms with Crippen LogP contribution in [0.15, 0.2) is 78.9 Å². The van der Waals surface area contributed by atoms with Gasteiger partial charge in [0.1, 0.15) is 17.5 Å². The number of hydrogen-bond acceptors (Lipinski definition) is 4. The number of ether oxygens (including phenoxy) is 2. The van der Waals surface area contributed by atoms with Crippen molar-refractivity contribution < 1.29 is 19.1 Å². The van der Waals surface area contributed by atoms with Gasteiger partial charge in [0, 0.05) is 19.0 Å². The van der Waals surface area contributed by atoms with E-state index in [9.17, 15) is 9.59 Å². The van der Waals surface area contributed by atoms with Crippen LogP contribution in [0.4, 0.5) is 0 Å². The predicted octanol–water partition coefficient (Wildman–Crippen LogP) is 5.34. The monoisotopic (exact) mass is 514 g/mol. The van der Waals surface area contributed by atoms with E-state index in [1.54, 1.807) is 19.1 Å². The molecular weight excluding hydrogens is 476 g/mol. The minimum absolute atomic E-state index is 0.0910. The summed E-state index contributed by atoms with van der Waals surface area (Å²) in [5, 5.41) is 3.29. The van der Waals surface area contributed by atoms with Crippen molar-refractivity contribution in [3.05, 3.63) is 95.6 Å². The minimum atomic E-state index is -0.642. The average Bonchev–Trinajstić information content (AvgIpc) is 2.96. The highest BCUT2D eigenvalue weighted by Crippen LogP contribution is 2.22. The van der Waals surface area contributed by atoms with Crippen LogP contribution in [-0.4, -0.2) is 43.0 Å². The fraction of sp³-hybridized carbons (Fsp3) is 0.375. The molecule has 38 heavy (non-hydrogen) atoms. The van der Waals surface area contributed by atoms with E-state index >= 15 is 0 Å². The van der Waals surface area contributed by atoms with Gasteiger partial charge in [-0.25, -0.2) is 0 Å². The molecule has 6 nitrogen and oxygen atoms in total. The SMILES string of the molecule is COc1ccc(CC(=O)N(Cc2cccc(OC)c2)C(Cc2ccccc2)C(=O)NC2CCCCC2)cc1. The molecule has 1 fully saturated rings. The van der Waals surface area contributed by atoms with Crippen LogP contribution in [0.1, 0.15) is 48.8 Å². The molecule has 0 spiro atoms. The lowest BCUT2D eigenvalue weighted by Gasteiger charge is -2.33. The first kappa shape index (κ1) is 27.2. The first-order valence-electron chi connectivity index (χ1n) is 13.5. The van der Waals surface area contributed by atoms with E-state index in [1.165, 1.54) is 6.42 Å². The molecule has 1 aliphatic carbocycles. The van der Waals surface area contributed by atoms with Gasteiger partial charge in [0.25, 0.3) is 0 Å². The number of hydrogen-bond donors (Lipinski definition) is 1. The molecule has 0 saturated heterocycles. The fourth-order valence-corrected chi connectivity index (χ4v) is 5.09. The Balaban J connectivity index is 1.65. The second-order valence-corrected chi connectivity index (χ2v) is 9.95. The molecule has 200 valence electrons. The molecule has 0 aliphatic heterocycles. The van der Waals surface area contributed by atoms with Gasteiger partial charge >= 0.3 is 0 Å². The molecule has 1 saturated carbocycles. The molecule has 1 unspecified atom stereocenters. The summed E-state index contributed by atoms with van der Waals surface area (Å²) in [4.78, 5) is 29.5. The molecule has 2 amide bonds. The summed E-state index contributed by atoms with van der Waals surface area (Å²) in [6.07, 6.45) is 6.06. The van der Waals surface area contributed by atoms with Gasteiger partial charge in [-0.15, -0.1) is 0 Å². The van der Waals surface area contributed by atoms with E-state index in [0.29, 0.717) is 13.0 Å². The molecule has 0 aromatic heterocycles. The van der Waals surface area contributed by atoms with Crippen molar-refractivity contribution in [2.45, 2.75) is 63.6 Å². The fourth-order valence-electron chi connectivity index (χ4n) is 5.09. The summed E-state index contributed by atoms with van der Waals surface area (Å²) >= 11 is 0. The molecule has 1 atom stereocenters. The van der Waals surface area contributed by atoms with Crippen molar-refractivity contribution in [3.63, 3.8) is 0 Å². The van der Waals surface area contributed by atoms with Crippen molar-refractivity contribution in [1.29, 1.82) is 0 Å². The van der Waals surface area contributed by atoms with Gasteiger partial charge in [0.15, 0.2) is 0 Å². The van der Waals surface area contributed by atoms with E-state index in [2.05, 4.69) is 5.32 Å². The summed E-state index contributed by atoms with van der Waals surface area (Å²) in [6, 6.07) is 24.6. The van der Waals surface area contributed by atoms with Crippen LogP contribution in [-0.2, 0) is 29.0 Å². The quantitative estimate of drug-likeness (QED) is 0.375. The second kappa shape index (κ2) is 13.7. The molecule has 1 N–H and O–H groups in total. The number of benzene rings is 3. The van der Waals surface area contributed by atoms with E-state index in [1.807, 2.05) is 78.9 Å². The Morgan fingerprint density at radius 1 is 0.816 bits per heavy atom. The molecule has 0 radical (unpaired) electrons. The minimum Gasteiger partial charge on any atom is -0.497 e. The van der Waals surface area contributed by atoms with E-state index in [-0.39, 0.29) is 24.3 Å². The van der Waals surface area contributed by atoms with Crippen molar-refractivity contribution in [3.8, 4) is 11.5 Å². The van der Waals surface area contributed by atoms with Crippen molar-refractivity contribution >= 4 is 11.8 Å². The van der Waals surface area contributed by atoms with Crippen LogP contribution < -0.4 is 14.8 Å². The third-order valence-electron chi connectivity index (χ3n) is 7.22. The Hall–Kier alpha value is -3.80. The number of carbonyl (C=O) groups excluding carboxylic acids is 2. The Kier molecular flexibility index (Phi) is 9.79. The smallest absolute Gasteiger partial charge is 0.243 e. The number of nitrogens with zero attached hydrogens (tertiary/aromatic N) is 1. The molecule has 6 heteroatoms. The van der Waals surface area contributed by atoms with Crippen molar-refractivity contribution in [2.75, 3.05) is 14.2 Å². The van der Waals surface area contributed by atoms with Gasteiger partial charge in [-0.05, 0) is 53.8 Å². The first-order chi connectivity index (χ1) is 18.6. The molecular formula is C32H38N2O4. The zero-order valence-electron chi connectivity index (χ0n) is 22.4. The first-order valence-corrected chi connectivity index (χ1v) is 13.5. The van der Waals surface area contributed by atoms with Gasteiger partial charge in [-0.1, -0.05) is 73.9 Å². The highest BCUT2D eigenvalue weighted by molar-refractivity contribution is 5.89. The summed E-state index contributed by atoms with van der Waals surface area (Å²) in [6.45, 7) is 0.307. The topological polar surface area (TPSA) is 67.9 Å². The second-order valence-electron chi connectivity index (χ2n) is 9.95. The number of carbonyl (C=O) groups is 2. The standard InChI is InChI=1S/C32H38N2O4/c1-37-28-18-16-25(17-19-28)22-31(35)34(23-26-12-9-15-29(20-26)38-2)30(21-24-10-5-3-6-11-24)32(36)33-27-13-7-4-8-14-27/h3,5-6,9-12,15-20,27,30H,4,7-8,13-14,21-23H2,1-2H3,(H,33,36). The summed E-state index contributed by atoms with van der Waals surface area (Å²) in [5.41, 5.74) is 2.80. The Morgan fingerprint density at radius 3 is 2.18 bits per heavy atom. The molecule has 0 bridgehead atoms. The summed E-state index contributed by atoms with van der Waals surface area (Å²) in [5.74, 6) is 1.27. The predicted molar refractivity (Wildman–Crippen MR) is 149 cm³/mol. The van der Waals surface area contributed by atoms with E-state index < -0.39 is 6.04 Å². The van der Waals surface area contributed by atoms with Gasteiger partial charge in [0.2, 0.25) is 11.8 Å². The van der Waals surface area contributed by atoms with E-state index in [0.717, 1.165) is 53.9 Å². The Bertz CT molecular complexity index is 1170. The lowest BCUT2D eigenvalue weighted by atomic mass is 9.94. The normalized spacial score (nSPS) is 14.4. The lowest BCUT2D eigenvalue weighted by molar-refractivity contribution is -0.141. The maximum Gasteiger partial charge on any atom is 0.243 e. The highest BCUT2D eigenvalue weighted by atomic mass is 16.5. The largest absolute Gasteiger partial charge is 0.497 e. The van der Waals surface area contributed by atoms with E-state index in [4.69, 9.17) is 9.47 Å². The van der Waals surface area contributed by atoms with Crippen molar-refractivity contribution in [1.82, 2.24) is 10.2 Å². The average molecular weight is 515 g/mol. The van der Waals surface area contributed by atoms with Crippen LogP contribution in [0.5, 0.6) is 11.5 Å². The number of nitrogens with one attached hydrogen (secondary N) is 1. The third-order valence-corrected chi connectivity index (χ3v) is 7.22. The van der Waals surface area contributed by atoms with Gasteiger partial charge < -0.3 is 19.7 Å². The molecule has 0 heterocycles. The van der Waals surface area contributed by atoms with Crippen LogP contribution >= 0.6 is 0 Å². The highest BCUT2D eigenvalue weighted by Gasteiger charge is 2.32. The van der Waals surface area contributed by atoms with Gasteiger partial charge in [0.05, 0.1) is 20.6 Å². The van der Waals surface area contributed by atoms with Crippen LogP contribution in [0, 0.1) is 0 Å². The third kappa shape index (κ3) is 7.60. The summed E-state index contributed by atoms with van der Waals surface area (Å²) < 4.78 is 10.7. The van der Waals surface area contributed by atoms with Gasteiger partial charge in [-0.3, -0.25) is 9.59 Å². The number of methoxy groups -OCH3 is 2. The molecule has 4 rings (SSSR count). The molecule has 1 aliphatic rings. The van der Waals surface area contributed by atoms with Crippen LogP contribution in [0.3, 0.4) is 0 Å². The molecule has 3 aromatic carbocycles. The lowest BCUT2D eigenvalue weighted by Crippen LogP contribution is -2.53. The summed E-state index contributed by atoms with van der Waals surface area (Å²) in [7, 11) is 3.25. The zero-order chi connectivity index (χ0) is 26.7. The van der Waals surface area contributed by atoms with Crippen molar-refractivity contribution in [2.24, 2.45) is 0 Å². The Labute approximate surface area is 226 Å². The van der Waals surface area contributed by atoms with Crippen LogP contribution in [0.2, 0.25) is 0 Å². The Morgan fingerprint density at radius 2 is 1.50 bits per heavy atom. The maximum atomic E-state index is 13.9. The number of amides is 2. The molecule has 3 aromatic rings. The van der Waals surface area contributed by atoms with Gasteiger partial charge in [-0.2, -0.15) is 0 Å².